The van der Waals surface area contributed by atoms with E-state index < -0.39 is 0 Å². The monoisotopic (exact) mass is 317 g/mol. The quantitative estimate of drug-likeness (QED) is 0.803. The summed E-state index contributed by atoms with van der Waals surface area (Å²) in [6.45, 7) is 0.331. The van der Waals surface area contributed by atoms with E-state index in [9.17, 15) is 0 Å². The maximum atomic E-state index is 6.08. The molecule has 3 aromatic rings. The molecular weight excluding hydrogens is 302 g/mol. The van der Waals surface area contributed by atoms with Crippen molar-refractivity contribution in [2.45, 2.75) is 6.54 Å². The molecule has 0 aliphatic carbocycles. The molecule has 0 spiro atoms. The van der Waals surface area contributed by atoms with Crippen molar-refractivity contribution in [3.05, 3.63) is 47.2 Å². The summed E-state index contributed by atoms with van der Waals surface area (Å²) in [6, 6.07) is 9.25. The van der Waals surface area contributed by atoms with Crippen molar-refractivity contribution < 1.29 is 9.47 Å². The van der Waals surface area contributed by atoms with E-state index in [2.05, 4.69) is 4.98 Å². The lowest BCUT2D eigenvalue weighted by Gasteiger charge is -2.10. The third-order valence-electron chi connectivity index (χ3n) is 3.54. The Hall–Kier alpha value is -2.24. The van der Waals surface area contributed by atoms with Gasteiger partial charge < -0.3 is 19.6 Å². The number of methoxy groups -OCH3 is 2. The minimum atomic E-state index is 0.331. The van der Waals surface area contributed by atoms with Crippen molar-refractivity contribution in [3.8, 4) is 22.8 Å². The van der Waals surface area contributed by atoms with Gasteiger partial charge in [-0.1, -0.05) is 11.6 Å². The zero-order chi connectivity index (χ0) is 15.7. The predicted octanol–water partition coefficient (Wildman–Crippen LogP) is 3.13. The first-order valence-electron chi connectivity index (χ1n) is 6.77. The zero-order valence-corrected chi connectivity index (χ0v) is 13.1. The highest BCUT2D eigenvalue weighted by molar-refractivity contribution is 6.30. The van der Waals surface area contributed by atoms with E-state index in [0.717, 1.165) is 28.3 Å². The van der Waals surface area contributed by atoms with Gasteiger partial charge in [0.15, 0.2) is 0 Å². The smallest absolute Gasteiger partial charge is 0.137 e. The van der Waals surface area contributed by atoms with Crippen molar-refractivity contribution in [3.63, 3.8) is 0 Å². The molecule has 0 saturated carbocycles. The first-order chi connectivity index (χ1) is 10.7. The standard InChI is InChI=1S/C16H16ClN3O2/c1-21-11-4-5-14(22-2)12(7-11)16-13(8-18)20-9-10(17)3-6-15(20)19-16/h3-7,9H,8,18H2,1-2H3. The number of fused-ring (bicyclic) bond motifs is 1. The van der Waals surface area contributed by atoms with E-state index in [-0.39, 0.29) is 0 Å². The summed E-state index contributed by atoms with van der Waals surface area (Å²) in [4.78, 5) is 4.67. The highest BCUT2D eigenvalue weighted by atomic mass is 35.5. The van der Waals surface area contributed by atoms with Gasteiger partial charge in [0, 0.05) is 18.3 Å². The Balaban J connectivity index is 2.30. The van der Waals surface area contributed by atoms with Gasteiger partial charge in [-0.3, -0.25) is 0 Å². The average molecular weight is 318 g/mol. The Bertz CT molecular complexity index is 830. The number of nitrogens with two attached hydrogens (primary N) is 1. The summed E-state index contributed by atoms with van der Waals surface area (Å²) in [6.07, 6.45) is 1.81. The molecule has 1 aromatic carbocycles. The Kier molecular flexibility index (Phi) is 3.92. The number of halogens is 1. The molecule has 114 valence electrons. The number of hydrogen-bond donors (Lipinski definition) is 1. The third-order valence-corrected chi connectivity index (χ3v) is 3.76. The van der Waals surface area contributed by atoms with Crippen LogP contribution in [-0.2, 0) is 6.54 Å². The van der Waals surface area contributed by atoms with Crippen LogP contribution in [0.2, 0.25) is 5.02 Å². The molecule has 2 N–H and O–H groups in total. The van der Waals surface area contributed by atoms with Gasteiger partial charge in [-0.2, -0.15) is 0 Å². The molecule has 3 rings (SSSR count). The van der Waals surface area contributed by atoms with Gasteiger partial charge in [-0.15, -0.1) is 0 Å². The summed E-state index contributed by atoms with van der Waals surface area (Å²) in [5.41, 5.74) is 9.18. The molecule has 0 aliphatic rings. The maximum absolute atomic E-state index is 6.08. The molecule has 0 unspecified atom stereocenters. The second-order valence-corrected chi connectivity index (χ2v) is 5.19. The molecule has 5 nitrogen and oxygen atoms in total. The number of imidazole rings is 1. The zero-order valence-electron chi connectivity index (χ0n) is 12.3. The number of ether oxygens (including phenoxy) is 2. The average Bonchev–Trinajstić information content (AvgIpc) is 2.91. The van der Waals surface area contributed by atoms with Gasteiger partial charge >= 0.3 is 0 Å². The number of hydrogen-bond acceptors (Lipinski definition) is 4. The van der Waals surface area contributed by atoms with Crippen LogP contribution < -0.4 is 15.2 Å². The van der Waals surface area contributed by atoms with Crippen molar-refractivity contribution in [2.24, 2.45) is 5.73 Å². The van der Waals surface area contributed by atoms with Gasteiger partial charge in [0.05, 0.1) is 30.6 Å². The van der Waals surface area contributed by atoms with Crippen LogP contribution in [0.25, 0.3) is 16.9 Å². The second-order valence-electron chi connectivity index (χ2n) is 4.75. The largest absolute Gasteiger partial charge is 0.497 e. The van der Waals surface area contributed by atoms with Gasteiger partial charge in [0.25, 0.3) is 0 Å². The van der Waals surface area contributed by atoms with Crippen LogP contribution in [0.4, 0.5) is 0 Å². The molecule has 0 saturated heterocycles. The molecule has 0 atom stereocenters. The molecule has 0 radical (unpaired) electrons. The second kappa shape index (κ2) is 5.87. The summed E-state index contributed by atoms with van der Waals surface area (Å²) in [5, 5.41) is 0.628. The number of nitrogens with zero attached hydrogens (tertiary/aromatic N) is 2. The molecule has 0 amide bonds. The SMILES string of the molecule is COc1ccc(OC)c(-c2nc3ccc(Cl)cn3c2CN)c1. The van der Waals surface area contributed by atoms with Crippen LogP contribution in [0.3, 0.4) is 0 Å². The van der Waals surface area contributed by atoms with E-state index in [0.29, 0.717) is 17.3 Å². The van der Waals surface area contributed by atoms with Crippen LogP contribution >= 0.6 is 11.6 Å². The fourth-order valence-corrected chi connectivity index (χ4v) is 2.64. The van der Waals surface area contributed by atoms with Gasteiger partial charge in [-0.05, 0) is 30.3 Å². The van der Waals surface area contributed by atoms with Gasteiger partial charge in [0.1, 0.15) is 17.1 Å². The number of aromatic nitrogens is 2. The molecule has 2 heterocycles. The van der Waals surface area contributed by atoms with Gasteiger partial charge in [0.2, 0.25) is 0 Å². The van der Waals surface area contributed by atoms with Crippen LogP contribution in [0.5, 0.6) is 11.5 Å². The molecule has 22 heavy (non-hydrogen) atoms. The lowest BCUT2D eigenvalue weighted by molar-refractivity contribution is 0.404. The minimum absolute atomic E-state index is 0.331. The summed E-state index contributed by atoms with van der Waals surface area (Å²) >= 11 is 6.08. The summed E-state index contributed by atoms with van der Waals surface area (Å²) in [5.74, 6) is 1.44. The number of pyridine rings is 1. The highest BCUT2D eigenvalue weighted by Crippen LogP contribution is 2.35. The number of rotatable bonds is 4. The van der Waals surface area contributed by atoms with E-state index in [1.807, 2.05) is 34.9 Å². The third kappa shape index (κ3) is 2.38. The minimum Gasteiger partial charge on any atom is -0.497 e. The highest BCUT2D eigenvalue weighted by Gasteiger charge is 2.17. The topological polar surface area (TPSA) is 61.8 Å². The first-order valence-corrected chi connectivity index (χ1v) is 7.14. The van der Waals surface area contributed by atoms with Crippen molar-refractivity contribution in [2.75, 3.05) is 14.2 Å². The Morgan fingerprint density at radius 3 is 2.68 bits per heavy atom. The lowest BCUT2D eigenvalue weighted by Crippen LogP contribution is -2.03. The van der Waals surface area contributed by atoms with Crippen molar-refractivity contribution in [1.82, 2.24) is 9.38 Å². The van der Waals surface area contributed by atoms with E-state index >= 15 is 0 Å². The van der Waals surface area contributed by atoms with Crippen molar-refractivity contribution >= 4 is 17.2 Å². The molecule has 0 aliphatic heterocycles. The molecule has 2 aromatic heterocycles. The van der Waals surface area contributed by atoms with E-state index in [1.54, 1.807) is 20.3 Å². The summed E-state index contributed by atoms with van der Waals surface area (Å²) in [7, 11) is 3.25. The van der Waals surface area contributed by atoms with Crippen LogP contribution in [-0.4, -0.2) is 23.6 Å². The lowest BCUT2D eigenvalue weighted by atomic mass is 10.1. The fourth-order valence-electron chi connectivity index (χ4n) is 2.48. The fraction of sp³-hybridized carbons (Fsp3) is 0.188. The van der Waals surface area contributed by atoms with Crippen molar-refractivity contribution in [1.29, 1.82) is 0 Å². The summed E-state index contributed by atoms with van der Waals surface area (Å²) < 4.78 is 12.6. The number of benzene rings is 1. The molecule has 6 heteroatoms. The van der Waals surface area contributed by atoms with E-state index in [1.165, 1.54) is 0 Å². The Labute approximate surface area is 133 Å². The van der Waals surface area contributed by atoms with Crippen LogP contribution in [0.15, 0.2) is 36.5 Å². The predicted molar refractivity (Wildman–Crippen MR) is 86.6 cm³/mol. The normalized spacial score (nSPS) is 10.9. The maximum Gasteiger partial charge on any atom is 0.137 e. The van der Waals surface area contributed by atoms with E-state index in [4.69, 9.17) is 26.8 Å². The Morgan fingerprint density at radius 2 is 2.00 bits per heavy atom. The Morgan fingerprint density at radius 1 is 1.18 bits per heavy atom. The molecule has 0 bridgehead atoms. The first kappa shape index (κ1) is 14.7. The van der Waals surface area contributed by atoms with Crippen LogP contribution in [0, 0.1) is 0 Å². The van der Waals surface area contributed by atoms with Crippen LogP contribution in [0.1, 0.15) is 5.69 Å². The molecule has 0 fully saturated rings. The molecular formula is C16H16ClN3O2. The van der Waals surface area contributed by atoms with Gasteiger partial charge in [-0.25, -0.2) is 4.98 Å².